The Bertz CT molecular complexity index is 1420. The first-order chi connectivity index (χ1) is 16.7. The molecule has 0 aliphatic carbocycles. The molecule has 1 unspecified atom stereocenters. The van der Waals surface area contributed by atoms with Crippen LogP contribution in [0.2, 0.25) is 0 Å². The second kappa shape index (κ2) is 9.99. The third kappa shape index (κ3) is 5.43. The number of aromatic nitrogens is 2. The largest absolute Gasteiger partial charge is 0.451 e. The Morgan fingerprint density at radius 2 is 1.74 bits per heavy atom. The highest BCUT2D eigenvalue weighted by Crippen LogP contribution is 2.20. The third-order valence-corrected chi connectivity index (χ3v) is 7.61. The lowest BCUT2D eigenvalue weighted by atomic mass is 10.1. The number of esters is 1. The van der Waals surface area contributed by atoms with Crippen LogP contribution in [0.25, 0.3) is 16.5 Å². The maximum Gasteiger partial charge on any atom is 0.359 e. The normalized spacial score (nSPS) is 16.9. The van der Waals surface area contributed by atoms with Gasteiger partial charge in [-0.1, -0.05) is 50.2 Å². The van der Waals surface area contributed by atoms with Gasteiger partial charge >= 0.3 is 5.97 Å². The van der Waals surface area contributed by atoms with Crippen LogP contribution in [0, 0.1) is 5.92 Å². The minimum Gasteiger partial charge on any atom is -0.451 e. The summed E-state index contributed by atoms with van der Waals surface area (Å²) >= 11 is 0. The summed E-state index contributed by atoms with van der Waals surface area (Å²) in [7, 11) is -3.19. The molecule has 0 N–H and O–H groups in total. The lowest BCUT2D eigenvalue weighted by Crippen LogP contribution is -2.45. The summed E-state index contributed by atoms with van der Waals surface area (Å²) in [5.41, 5.74) is 0.0135. The maximum atomic E-state index is 13.1. The standard InChI is InChI=1S/C25H27N3O6S/c1-17(2)14-27(19-12-13-35(32,33)16-19)22(29)15-34-25(31)23-20-10-6-7-11-21(20)24(30)28(26-23)18-8-4-3-5-9-18/h3-11,17,19H,12-16H2,1-2H3. The van der Waals surface area contributed by atoms with Crippen LogP contribution in [0.5, 0.6) is 0 Å². The number of carbonyl (C=O) groups excluding carboxylic acids is 2. The van der Waals surface area contributed by atoms with E-state index in [0.29, 0.717) is 29.4 Å². The molecule has 1 aliphatic heterocycles. The van der Waals surface area contributed by atoms with Gasteiger partial charge in [-0.3, -0.25) is 9.59 Å². The van der Waals surface area contributed by atoms with Crippen molar-refractivity contribution < 1.29 is 22.7 Å². The van der Waals surface area contributed by atoms with Gasteiger partial charge in [-0.2, -0.15) is 9.78 Å². The third-order valence-electron chi connectivity index (χ3n) is 5.86. The predicted octanol–water partition coefficient (Wildman–Crippen LogP) is 2.21. The van der Waals surface area contributed by atoms with Crippen LogP contribution in [-0.4, -0.2) is 65.7 Å². The average molecular weight is 498 g/mol. The van der Waals surface area contributed by atoms with Gasteiger partial charge in [0.2, 0.25) is 0 Å². The van der Waals surface area contributed by atoms with Gasteiger partial charge < -0.3 is 9.64 Å². The molecular weight excluding hydrogens is 470 g/mol. The molecule has 1 saturated heterocycles. The number of carbonyl (C=O) groups is 2. The van der Waals surface area contributed by atoms with E-state index < -0.39 is 34.4 Å². The van der Waals surface area contributed by atoms with Crippen LogP contribution < -0.4 is 5.56 Å². The van der Waals surface area contributed by atoms with Crippen molar-refractivity contribution in [3.05, 3.63) is 70.6 Å². The second-order valence-corrected chi connectivity index (χ2v) is 11.2. The van der Waals surface area contributed by atoms with Crippen molar-refractivity contribution in [3.8, 4) is 5.69 Å². The molecule has 0 bridgehead atoms. The van der Waals surface area contributed by atoms with Crippen molar-refractivity contribution in [1.82, 2.24) is 14.7 Å². The van der Waals surface area contributed by atoms with Crippen molar-refractivity contribution in [1.29, 1.82) is 0 Å². The topological polar surface area (TPSA) is 116 Å². The number of nitrogens with zero attached hydrogens (tertiary/aromatic N) is 3. The molecule has 0 spiro atoms. The lowest BCUT2D eigenvalue weighted by Gasteiger charge is -2.29. The number of hydrogen-bond donors (Lipinski definition) is 0. The molecule has 2 aromatic carbocycles. The van der Waals surface area contributed by atoms with Crippen molar-refractivity contribution in [3.63, 3.8) is 0 Å². The second-order valence-electron chi connectivity index (χ2n) is 9.02. The summed E-state index contributed by atoms with van der Waals surface area (Å²) in [6.07, 6.45) is 0.364. The van der Waals surface area contributed by atoms with Gasteiger partial charge in [-0.25, -0.2) is 13.2 Å². The van der Waals surface area contributed by atoms with Gasteiger partial charge in [0.1, 0.15) is 0 Å². The van der Waals surface area contributed by atoms with E-state index in [1.807, 2.05) is 13.8 Å². The zero-order chi connectivity index (χ0) is 25.2. The zero-order valence-corrected chi connectivity index (χ0v) is 20.4. The number of sulfone groups is 1. The van der Waals surface area contributed by atoms with E-state index >= 15 is 0 Å². The van der Waals surface area contributed by atoms with E-state index in [4.69, 9.17) is 4.74 Å². The number of ether oxygens (including phenoxy) is 1. The molecule has 2 heterocycles. The fourth-order valence-corrected chi connectivity index (χ4v) is 5.96. The summed E-state index contributed by atoms with van der Waals surface area (Å²) in [6.45, 7) is 3.66. The van der Waals surface area contributed by atoms with Gasteiger partial charge in [0.25, 0.3) is 11.5 Å². The number of rotatable bonds is 7. The average Bonchev–Trinajstić information content (AvgIpc) is 3.21. The Hall–Kier alpha value is -3.53. The molecule has 0 saturated carbocycles. The van der Waals surface area contributed by atoms with Crippen LogP contribution in [0.1, 0.15) is 30.8 Å². The molecule has 35 heavy (non-hydrogen) atoms. The van der Waals surface area contributed by atoms with Gasteiger partial charge in [0, 0.05) is 18.0 Å². The number of fused-ring (bicyclic) bond motifs is 1. The van der Waals surface area contributed by atoms with Crippen molar-refractivity contribution >= 4 is 32.5 Å². The minimum atomic E-state index is -3.19. The van der Waals surface area contributed by atoms with Gasteiger partial charge in [0.15, 0.2) is 22.1 Å². The Balaban J connectivity index is 1.60. The fourth-order valence-electron chi connectivity index (χ4n) is 4.23. The molecule has 4 rings (SSSR count). The summed E-state index contributed by atoms with van der Waals surface area (Å²) in [4.78, 5) is 40.6. The SMILES string of the molecule is CC(C)CN(C(=O)COC(=O)c1nn(-c2ccccc2)c(=O)c2ccccc12)C1CCS(=O)(=O)C1. The summed E-state index contributed by atoms with van der Waals surface area (Å²) in [5, 5.41) is 4.88. The maximum absolute atomic E-state index is 13.1. The summed E-state index contributed by atoms with van der Waals surface area (Å²) in [5.74, 6) is -1.25. The van der Waals surface area contributed by atoms with Crippen LogP contribution in [-0.2, 0) is 19.4 Å². The highest BCUT2D eigenvalue weighted by Gasteiger charge is 2.35. The van der Waals surface area contributed by atoms with E-state index in [1.54, 1.807) is 54.6 Å². The Labute approximate surface area is 203 Å². The van der Waals surface area contributed by atoms with E-state index in [9.17, 15) is 22.8 Å². The summed E-state index contributed by atoms with van der Waals surface area (Å²) < 4.78 is 30.4. The fraction of sp³-hybridized carbons (Fsp3) is 0.360. The quantitative estimate of drug-likeness (QED) is 0.460. The smallest absolute Gasteiger partial charge is 0.359 e. The highest BCUT2D eigenvalue weighted by atomic mass is 32.2. The number of amides is 1. The van der Waals surface area contributed by atoms with Gasteiger partial charge in [0.05, 0.1) is 22.6 Å². The first-order valence-corrected chi connectivity index (χ1v) is 13.2. The minimum absolute atomic E-state index is 0.0380. The molecule has 0 radical (unpaired) electrons. The Kier molecular flexibility index (Phi) is 7.02. The summed E-state index contributed by atoms with van der Waals surface area (Å²) in [6, 6.07) is 14.8. The van der Waals surface area contributed by atoms with Gasteiger partial charge in [-0.15, -0.1) is 0 Å². The molecule has 184 valence electrons. The lowest BCUT2D eigenvalue weighted by molar-refractivity contribution is -0.137. The van der Waals surface area contributed by atoms with Crippen LogP contribution in [0.4, 0.5) is 0 Å². The van der Waals surface area contributed by atoms with Crippen LogP contribution in [0.3, 0.4) is 0 Å². The molecule has 1 fully saturated rings. The van der Waals surface area contributed by atoms with E-state index in [1.165, 1.54) is 4.90 Å². The molecule has 1 aromatic heterocycles. The van der Waals surface area contributed by atoms with Crippen LogP contribution in [0.15, 0.2) is 59.4 Å². The molecule has 1 aliphatic rings. The molecule has 1 atom stereocenters. The molecule has 9 nitrogen and oxygen atoms in total. The van der Waals surface area contributed by atoms with E-state index in [2.05, 4.69) is 5.10 Å². The van der Waals surface area contributed by atoms with Crippen molar-refractivity contribution in [2.45, 2.75) is 26.3 Å². The number of para-hydroxylation sites is 1. The first-order valence-electron chi connectivity index (χ1n) is 11.4. The molecule has 3 aromatic rings. The van der Waals surface area contributed by atoms with Crippen LogP contribution >= 0.6 is 0 Å². The monoisotopic (exact) mass is 497 g/mol. The predicted molar refractivity (Wildman–Crippen MR) is 131 cm³/mol. The molecule has 1 amide bonds. The number of benzene rings is 2. The van der Waals surface area contributed by atoms with Crippen molar-refractivity contribution in [2.24, 2.45) is 5.92 Å². The Morgan fingerprint density at radius 1 is 1.09 bits per heavy atom. The van der Waals surface area contributed by atoms with E-state index in [0.717, 1.165) is 4.68 Å². The van der Waals surface area contributed by atoms with Crippen molar-refractivity contribution in [2.75, 3.05) is 24.7 Å². The Morgan fingerprint density at radius 3 is 2.37 bits per heavy atom. The molecule has 10 heteroatoms. The zero-order valence-electron chi connectivity index (χ0n) is 19.6. The number of hydrogen-bond acceptors (Lipinski definition) is 7. The van der Waals surface area contributed by atoms with E-state index in [-0.39, 0.29) is 28.7 Å². The van der Waals surface area contributed by atoms with Gasteiger partial charge in [-0.05, 0) is 30.5 Å². The molecular formula is C25H27N3O6S. The highest BCUT2D eigenvalue weighted by molar-refractivity contribution is 7.91. The first kappa shape index (κ1) is 24.6.